The second-order valence-corrected chi connectivity index (χ2v) is 6.51. The van der Waals surface area contributed by atoms with Gasteiger partial charge in [-0.15, -0.1) is 11.8 Å². The lowest BCUT2D eigenvalue weighted by atomic mass is 10.1. The van der Waals surface area contributed by atoms with Crippen LogP contribution in [-0.2, 0) is 9.59 Å². The Balaban J connectivity index is 2.61. The van der Waals surface area contributed by atoms with Crippen LogP contribution in [-0.4, -0.2) is 39.7 Å². The molecule has 1 aromatic carbocycles. The smallest absolute Gasteiger partial charge is 0.305 e. The Morgan fingerprint density at radius 2 is 1.80 bits per heavy atom. The van der Waals surface area contributed by atoms with Gasteiger partial charge in [0, 0.05) is 17.0 Å². The lowest BCUT2D eigenvalue weighted by Crippen LogP contribution is -2.47. The molecule has 0 bridgehead atoms. The highest BCUT2D eigenvalue weighted by atomic mass is 32.2. The van der Waals surface area contributed by atoms with E-state index in [1.54, 1.807) is 4.90 Å². The number of carbonyl (C=O) groups is 2. The van der Waals surface area contributed by atoms with Crippen molar-refractivity contribution in [3.8, 4) is 0 Å². The highest BCUT2D eigenvalue weighted by Crippen LogP contribution is 2.20. The first-order valence-corrected chi connectivity index (χ1v) is 7.49. The maximum Gasteiger partial charge on any atom is 0.305 e. The molecular formula is C15H21NO3S. The first-order chi connectivity index (χ1) is 9.30. The number of carbonyl (C=O) groups excluding carboxylic acids is 1. The number of hydrogen-bond donors (Lipinski definition) is 1. The van der Waals surface area contributed by atoms with E-state index >= 15 is 0 Å². The van der Waals surface area contributed by atoms with Crippen LogP contribution in [0.15, 0.2) is 35.2 Å². The molecule has 0 atom stereocenters. The molecule has 5 heteroatoms. The Hall–Kier alpha value is -1.49. The summed E-state index contributed by atoms with van der Waals surface area (Å²) in [7, 11) is 0. The molecule has 0 unspecified atom stereocenters. The second kappa shape index (κ2) is 7.33. The maximum atomic E-state index is 12.3. The van der Waals surface area contributed by atoms with Crippen LogP contribution >= 0.6 is 11.8 Å². The van der Waals surface area contributed by atoms with Crippen molar-refractivity contribution in [1.82, 2.24) is 4.90 Å². The highest BCUT2D eigenvalue weighted by Gasteiger charge is 2.26. The monoisotopic (exact) mass is 295 g/mol. The zero-order valence-corrected chi connectivity index (χ0v) is 12.9. The van der Waals surface area contributed by atoms with Gasteiger partial charge in [0.2, 0.25) is 5.91 Å². The summed E-state index contributed by atoms with van der Waals surface area (Å²) in [5.74, 6) is -0.601. The number of carboxylic acid groups (broad SMARTS) is 1. The van der Waals surface area contributed by atoms with Crippen molar-refractivity contribution in [1.29, 1.82) is 0 Å². The zero-order valence-electron chi connectivity index (χ0n) is 12.1. The summed E-state index contributed by atoms with van der Waals surface area (Å²) in [5.41, 5.74) is -0.371. The molecule has 1 rings (SSSR count). The van der Waals surface area contributed by atoms with Crippen molar-refractivity contribution in [3.05, 3.63) is 30.3 Å². The molecule has 0 spiro atoms. The van der Waals surface area contributed by atoms with E-state index in [0.717, 1.165) is 4.90 Å². The minimum atomic E-state index is -0.886. The van der Waals surface area contributed by atoms with E-state index < -0.39 is 5.97 Å². The molecular weight excluding hydrogens is 274 g/mol. The quantitative estimate of drug-likeness (QED) is 0.820. The van der Waals surface area contributed by atoms with E-state index in [9.17, 15) is 9.59 Å². The summed E-state index contributed by atoms with van der Waals surface area (Å²) in [6.07, 6.45) is -0.0288. The molecule has 0 saturated carbocycles. The van der Waals surface area contributed by atoms with E-state index in [4.69, 9.17) is 5.11 Å². The zero-order chi connectivity index (χ0) is 15.2. The number of nitrogens with zero attached hydrogens (tertiary/aromatic N) is 1. The summed E-state index contributed by atoms with van der Waals surface area (Å²) in [6.45, 7) is 5.99. The number of hydrogen-bond acceptors (Lipinski definition) is 3. The Morgan fingerprint density at radius 3 is 2.30 bits per heavy atom. The Kier molecular flexibility index (Phi) is 6.07. The van der Waals surface area contributed by atoms with E-state index in [0.29, 0.717) is 5.75 Å². The summed E-state index contributed by atoms with van der Waals surface area (Å²) in [4.78, 5) is 25.6. The molecule has 1 N–H and O–H groups in total. The van der Waals surface area contributed by atoms with Crippen LogP contribution in [0.2, 0.25) is 0 Å². The molecule has 0 fully saturated rings. The summed E-state index contributed by atoms with van der Waals surface area (Å²) in [6, 6.07) is 9.70. The van der Waals surface area contributed by atoms with Gasteiger partial charge in [0.15, 0.2) is 0 Å². The topological polar surface area (TPSA) is 57.6 Å². The molecule has 20 heavy (non-hydrogen) atoms. The minimum absolute atomic E-state index is 0.0288. The fraction of sp³-hybridized carbons (Fsp3) is 0.467. The van der Waals surface area contributed by atoms with Crippen LogP contribution in [0.1, 0.15) is 27.2 Å². The van der Waals surface area contributed by atoms with E-state index in [1.807, 2.05) is 51.1 Å². The van der Waals surface area contributed by atoms with Gasteiger partial charge in [-0.3, -0.25) is 9.59 Å². The lowest BCUT2D eigenvalue weighted by molar-refractivity contribution is -0.139. The van der Waals surface area contributed by atoms with Gasteiger partial charge in [0.05, 0.1) is 12.2 Å². The van der Waals surface area contributed by atoms with Crippen LogP contribution in [0.25, 0.3) is 0 Å². The number of thioether (sulfide) groups is 1. The largest absolute Gasteiger partial charge is 0.481 e. The van der Waals surface area contributed by atoms with Gasteiger partial charge in [-0.1, -0.05) is 18.2 Å². The Bertz CT molecular complexity index is 454. The predicted molar refractivity (Wildman–Crippen MR) is 80.9 cm³/mol. The predicted octanol–water partition coefficient (Wildman–Crippen LogP) is 2.88. The van der Waals surface area contributed by atoms with Crippen LogP contribution in [0.4, 0.5) is 0 Å². The molecule has 0 aromatic heterocycles. The molecule has 1 amide bonds. The Labute approximate surface area is 124 Å². The highest BCUT2D eigenvalue weighted by molar-refractivity contribution is 8.00. The standard InChI is InChI=1S/C15H21NO3S/c1-15(2,3)16(10-9-14(18)19)13(17)11-20-12-7-5-4-6-8-12/h4-8H,9-11H2,1-3H3,(H,18,19). The van der Waals surface area contributed by atoms with Gasteiger partial charge in [0.1, 0.15) is 0 Å². The van der Waals surface area contributed by atoms with Gasteiger partial charge in [0.25, 0.3) is 0 Å². The molecule has 0 saturated heterocycles. The lowest BCUT2D eigenvalue weighted by Gasteiger charge is -2.35. The fourth-order valence-corrected chi connectivity index (χ4v) is 2.58. The fourth-order valence-electron chi connectivity index (χ4n) is 1.78. The molecule has 0 aliphatic carbocycles. The number of aliphatic carboxylic acids is 1. The van der Waals surface area contributed by atoms with Crippen molar-refractivity contribution in [2.24, 2.45) is 0 Å². The van der Waals surface area contributed by atoms with Crippen LogP contribution < -0.4 is 0 Å². The van der Waals surface area contributed by atoms with Crippen molar-refractivity contribution in [2.45, 2.75) is 37.6 Å². The van der Waals surface area contributed by atoms with E-state index in [2.05, 4.69) is 0 Å². The van der Waals surface area contributed by atoms with E-state index in [-0.39, 0.29) is 24.4 Å². The summed E-state index contributed by atoms with van der Waals surface area (Å²) in [5, 5.41) is 8.77. The second-order valence-electron chi connectivity index (χ2n) is 5.46. The van der Waals surface area contributed by atoms with Crippen molar-refractivity contribution in [2.75, 3.05) is 12.3 Å². The molecule has 110 valence electrons. The van der Waals surface area contributed by atoms with E-state index in [1.165, 1.54) is 11.8 Å². The third-order valence-corrected chi connectivity index (χ3v) is 3.76. The van der Waals surface area contributed by atoms with Crippen LogP contribution in [0.5, 0.6) is 0 Å². The summed E-state index contributed by atoms with van der Waals surface area (Å²) < 4.78 is 0. The van der Waals surface area contributed by atoms with Gasteiger partial charge < -0.3 is 10.0 Å². The maximum absolute atomic E-state index is 12.3. The molecule has 0 aliphatic rings. The SMILES string of the molecule is CC(C)(C)N(CCC(=O)O)C(=O)CSc1ccccc1. The molecule has 0 heterocycles. The first-order valence-electron chi connectivity index (χ1n) is 6.51. The van der Waals surface area contributed by atoms with Gasteiger partial charge in [-0.2, -0.15) is 0 Å². The number of benzene rings is 1. The molecule has 1 aromatic rings. The Morgan fingerprint density at radius 1 is 1.20 bits per heavy atom. The van der Waals surface area contributed by atoms with Crippen LogP contribution in [0, 0.1) is 0 Å². The first kappa shape index (κ1) is 16.6. The van der Waals surface area contributed by atoms with Crippen molar-refractivity contribution in [3.63, 3.8) is 0 Å². The number of carboxylic acids is 1. The molecule has 0 radical (unpaired) electrons. The number of rotatable bonds is 6. The van der Waals surface area contributed by atoms with Crippen molar-refractivity contribution < 1.29 is 14.7 Å². The normalized spacial score (nSPS) is 11.2. The molecule has 4 nitrogen and oxygen atoms in total. The van der Waals surface area contributed by atoms with Gasteiger partial charge in [-0.25, -0.2) is 0 Å². The third-order valence-electron chi connectivity index (χ3n) is 2.77. The third kappa shape index (κ3) is 5.65. The average molecular weight is 295 g/mol. The summed E-state index contributed by atoms with van der Waals surface area (Å²) >= 11 is 1.47. The van der Waals surface area contributed by atoms with Gasteiger partial charge >= 0.3 is 5.97 Å². The number of amides is 1. The minimum Gasteiger partial charge on any atom is -0.481 e. The van der Waals surface area contributed by atoms with Gasteiger partial charge in [-0.05, 0) is 32.9 Å². The van der Waals surface area contributed by atoms with Crippen molar-refractivity contribution >= 4 is 23.6 Å². The van der Waals surface area contributed by atoms with Crippen LogP contribution in [0.3, 0.4) is 0 Å². The average Bonchev–Trinajstić information content (AvgIpc) is 2.35. The molecule has 0 aliphatic heterocycles.